The van der Waals surface area contributed by atoms with Crippen molar-refractivity contribution >= 4 is 52.1 Å². The van der Waals surface area contributed by atoms with Crippen LogP contribution in [0.5, 0.6) is 5.75 Å². The minimum absolute atomic E-state index is 0.285. The van der Waals surface area contributed by atoms with Gasteiger partial charge in [0.2, 0.25) is 0 Å². The topological polar surface area (TPSA) is 21.3 Å². The average Bonchev–Trinajstić information content (AvgIpc) is 2.63. The van der Waals surface area contributed by atoms with Gasteiger partial charge in [0, 0.05) is 32.7 Å². The molecule has 0 radical (unpaired) electrons. The predicted octanol–water partition coefficient (Wildman–Crippen LogP) is 7.49. The molecule has 0 saturated carbocycles. The lowest BCUT2D eigenvalue weighted by atomic mass is 10.2. The zero-order valence-electron chi connectivity index (χ0n) is 13.6. The number of halogens is 4. The van der Waals surface area contributed by atoms with Crippen LogP contribution in [0, 0.1) is 0 Å². The second-order valence-corrected chi connectivity index (χ2v) is 7.23. The van der Waals surface area contributed by atoms with Gasteiger partial charge in [-0.05, 0) is 36.4 Å². The van der Waals surface area contributed by atoms with Crippen LogP contribution in [0.4, 0.5) is 5.69 Å². The molecule has 0 bridgehead atoms. The molecular formula is C20H15Cl4NO. The summed E-state index contributed by atoms with van der Waals surface area (Å²) < 4.78 is 5.96. The number of benzene rings is 3. The number of nitrogens with one attached hydrogen (secondary N) is 1. The van der Waals surface area contributed by atoms with E-state index in [0.29, 0.717) is 26.6 Å². The lowest BCUT2D eigenvalue weighted by molar-refractivity contribution is 0.303. The lowest BCUT2D eigenvalue weighted by Gasteiger charge is -2.15. The van der Waals surface area contributed by atoms with E-state index >= 15 is 0 Å². The molecule has 3 aromatic rings. The van der Waals surface area contributed by atoms with Crippen molar-refractivity contribution in [3.8, 4) is 5.75 Å². The molecule has 0 fully saturated rings. The number of hydrogen-bond donors (Lipinski definition) is 1. The van der Waals surface area contributed by atoms with Crippen LogP contribution in [-0.2, 0) is 13.2 Å². The maximum atomic E-state index is 6.21. The smallest absolute Gasteiger partial charge is 0.124 e. The van der Waals surface area contributed by atoms with Gasteiger partial charge in [-0.3, -0.25) is 0 Å². The Bertz CT molecular complexity index is 894. The molecule has 0 spiro atoms. The number of anilines is 1. The fourth-order valence-electron chi connectivity index (χ4n) is 2.43. The van der Waals surface area contributed by atoms with Crippen molar-refractivity contribution in [2.45, 2.75) is 13.2 Å². The Morgan fingerprint density at radius 2 is 1.50 bits per heavy atom. The first-order chi connectivity index (χ1) is 12.5. The fourth-order valence-corrected chi connectivity index (χ4v) is 3.30. The zero-order chi connectivity index (χ0) is 18.5. The maximum Gasteiger partial charge on any atom is 0.124 e. The van der Waals surface area contributed by atoms with Crippen molar-refractivity contribution in [1.82, 2.24) is 0 Å². The van der Waals surface area contributed by atoms with Crippen molar-refractivity contribution in [2.24, 2.45) is 0 Å². The predicted molar refractivity (Wildman–Crippen MR) is 111 cm³/mol. The molecule has 0 aromatic heterocycles. The molecule has 1 N–H and O–H groups in total. The summed E-state index contributed by atoms with van der Waals surface area (Å²) in [5.74, 6) is 0.745. The molecular weight excluding hydrogens is 412 g/mol. The minimum Gasteiger partial charge on any atom is -0.488 e. The molecule has 3 aromatic carbocycles. The zero-order valence-corrected chi connectivity index (χ0v) is 16.6. The Balaban J connectivity index is 1.73. The molecule has 0 unspecified atom stereocenters. The molecule has 134 valence electrons. The molecule has 26 heavy (non-hydrogen) atoms. The first-order valence-corrected chi connectivity index (χ1v) is 9.38. The molecule has 0 atom stereocenters. The van der Waals surface area contributed by atoms with E-state index in [2.05, 4.69) is 5.32 Å². The van der Waals surface area contributed by atoms with Gasteiger partial charge in [0.05, 0.1) is 10.7 Å². The summed E-state index contributed by atoms with van der Waals surface area (Å²) >= 11 is 24.6. The minimum atomic E-state index is 0.285. The van der Waals surface area contributed by atoms with Gasteiger partial charge in [-0.25, -0.2) is 0 Å². The highest BCUT2D eigenvalue weighted by atomic mass is 35.5. The number of hydrogen-bond acceptors (Lipinski definition) is 2. The quantitative estimate of drug-likeness (QED) is 0.440. The van der Waals surface area contributed by atoms with Gasteiger partial charge in [-0.15, -0.1) is 0 Å². The van der Waals surface area contributed by atoms with Crippen LogP contribution in [0.25, 0.3) is 0 Å². The van der Waals surface area contributed by atoms with E-state index in [0.717, 1.165) is 22.6 Å². The van der Waals surface area contributed by atoms with Gasteiger partial charge in [0.25, 0.3) is 0 Å². The van der Waals surface area contributed by atoms with Gasteiger partial charge < -0.3 is 10.1 Å². The van der Waals surface area contributed by atoms with E-state index in [-0.39, 0.29) is 6.61 Å². The molecule has 0 aliphatic heterocycles. The third kappa shape index (κ3) is 4.77. The highest BCUT2D eigenvalue weighted by Crippen LogP contribution is 2.29. The average molecular weight is 427 g/mol. The Morgan fingerprint density at radius 3 is 2.27 bits per heavy atom. The van der Waals surface area contributed by atoms with Crippen molar-refractivity contribution < 1.29 is 4.74 Å². The van der Waals surface area contributed by atoms with Gasteiger partial charge >= 0.3 is 0 Å². The van der Waals surface area contributed by atoms with E-state index in [9.17, 15) is 0 Å². The standard InChI is InChI=1S/C20H15Cl4NO/c21-14-8-9-18(24)19(10-14)25-11-13-4-1-2-7-20(13)26-12-15-16(22)5-3-6-17(15)23/h1-10,25H,11-12H2. The fraction of sp³-hybridized carbons (Fsp3) is 0.100. The number of ether oxygens (including phenoxy) is 1. The highest BCUT2D eigenvalue weighted by molar-refractivity contribution is 6.36. The van der Waals surface area contributed by atoms with Crippen LogP contribution in [-0.4, -0.2) is 0 Å². The Labute approximate surface area is 172 Å². The maximum absolute atomic E-state index is 6.21. The second kappa shape index (κ2) is 8.88. The van der Waals surface area contributed by atoms with Crippen LogP contribution in [0.1, 0.15) is 11.1 Å². The third-order valence-electron chi connectivity index (χ3n) is 3.80. The SMILES string of the molecule is Clc1ccc(Cl)c(NCc2ccccc2OCc2c(Cl)cccc2Cl)c1. The van der Waals surface area contributed by atoms with Crippen LogP contribution in [0.3, 0.4) is 0 Å². The van der Waals surface area contributed by atoms with Crippen molar-refractivity contribution in [3.05, 3.63) is 91.9 Å². The Kier molecular flexibility index (Phi) is 6.55. The lowest BCUT2D eigenvalue weighted by Crippen LogP contribution is -2.04. The Hall–Kier alpha value is -1.58. The third-order valence-corrected chi connectivity index (χ3v) is 5.08. The summed E-state index contributed by atoms with van der Waals surface area (Å²) in [5, 5.41) is 5.67. The van der Waals surface area contributed by atoms with Gasteiger partial charge in [-0.2, -0.15) is 0 Å². The van der Waals surface area contributed by atoms with Gasteiger partial charge in [-0.1, -0.05) is 70.7 Å². The summed E-state index contributed by atoms with van der Waals surface area (Å²) in [6.07, 6.45) is 0. The van der Waals surface area contributed by atoms with Crippen molar-refractivity contribution in [2.75, 3.05) is 5.32 Å². The van der Waals surface area contributed by atoms with Crippen LogP contribution in [0.2, 0.25) is 20.1 Å². The van der Waals surface area contributed by atoms with E-state index in [1.54, 1.807) is 36.4 Å². The Morgan fingerprint density at radius 1 is 0.769 bits per heavy atom. The van der Waals surface area contributed by atoms with Crippen molar-refractivity contribution in [3.63, 3.8) is 0 Å². The molecule has 6 heteroatoms. The summed E-state index contributed by atoms with van der Waals surface area (Å²) in [5.41, 5.74) is 2.51. The molecule has 0 aliphatic rings. The first-order valence-electron chi connectivity index (χ1n) is 7.87. The molecule has 0 amide bonds. The van der Waals surface area contributed by atoms with Gasteiger partial charge in [0.1, 0.15) is 12.4 Å². The summed E-state index contributed by atoms with van der Waals surface area (Å²) in [6, 6.07) is 18.4. The monoisotopic (exact) mass is 425 g/mol. The molecule has 3 rings (SSSR count). The highest BCUT2D eigenvalue weighted by Gasteiger charge is 2.09. The van der Waals surface area contributed by atoms with E-state index in [1.165, 1.54) is 0 Å². The second-order valence-electron chi connectivity index (χ2n) is 5.57. The normalized spacial score (nSPS) is 10.6. The largest absolute Gasteiger partial charge is 0.488 e. The van der Waals surface area contributed by atoms with Crippen molar-refractivity contribution in [1.29, 1.82) is 0 Å². The van der Waals surface area contributed by atoms with Crippen LogP contribution in [0.15, 0.2) is 60.7 Å². The van der Waals surface area contributed by atoms with Crippen LogP contribution < -0.4 is 10.1 Å². The number of rotatable bonds is 6. The summed E-state index contributed by atoms with van der Waals surface area (Å²) in [7, 11) is 0. The molecule has 0 aliphatic carbocycles. The van der Waals surface area contributed by atoms with Crippen LogP contribution >= 0.6 is 46.4 Å². The molecule has 2 nitrogen and oxygen atoms in total. The molecule has 0 saturated heterocycles. The number of para-hydroxylation sites is 1. The summed E-state index contributed by atoms with van der Waals surface area (Å²) in [6.45, 7) is 0.819. The first kappa shape index (κ1) is 19.2. The van der Waals surface area contributed by atoms with Gasteiger partial charge in [0.15, 0.2) is 0 Å². The van der Waals surface area contributed by atoms with E-state index in [1.807, 2.05) is 24.3 Å². The molecule has 0 heterocycles. The van der Waals surface area contributed by atoms with E-state index < -0.39 is 0 Å². The van der Waals surface area contributed by atoms with E-state index in [4.69, 9.17) is 51.1 Å². The summed E-state index contributed by atoms with van der Waals surface area (Å²) in [4.78, 5) is 0.